The topological polar surface area (TPSA) is 41.6 Å². The van der Waals surface area contributed by atoms with Crippen molar-refractivity contribution in [3.8, 4) is 21.8 Å². The second-order valence-electron chi connectivity index (χ2n) is 4.12. The number of H-pyrrole nitrogens is 1. The van der Waals surface area contributed by atoms with E-state index in [-0.39, 0.29) is 5.82 Å². The molecule has 0 fully saturated rings. The van der Waals surface area contributed by atoms with Gasteiger partial charge in [0.2, 0.25) is 0 Å². The van der Waals surface area contributed by atoms with Gasteiger partial charge in [-0.05, 0) is 30.2 Å². The van der Waals surface area contributed by atoms with Crippen molar-refractivity contribution in [3.05, 3.63) is 47.4 Å². The van der Waals surface area contributed by atoms with E-state index >= 15 is 0 Å². The van der Waals surface area contributed by atoms with Crippen LogP contribution in [0.4, 0.5) is 4.39 Å². The molecule has 0 aliphatic rings. The molecule has 0 bridgehead atoms. The number of halogens is 1. The van der Waals surface area contributed by atoms with Gasteiger partial charge in [-0.3, -0.25) is 5.10 Å². The normalized spacial score (nSPS) is 10.8. The molecule has 3 rings (SSSR count). The van der Waals surface area contributed by atoms with Crippen LogP contribution in [0.15, 0.2) is 36.5 Å². The molecule has 1 aromatic carbocycles. The van der Waals surface area contributed by atoms with Gasteiger partial charge in [0.15, 0.2) is 0 Å². The number of nitrogens with one attached hydrogen (secondary N) is 1. The Kier molecular flexibility index (Phi) is 3.13. The van der Waals surface area contributed by atoms with Crippen LogP contribution in [0.5, 0.6) is 0 Å². The summed E-state index contributed by atoms with van der Waals surface area (Å²) < 4.78 is 13.0. The van der Waals surface area contributed by atoms with Crippen molar-refractivity contribution in [3.63, 3.8) is 0 Å². The first-order valence-electron chi connectivity index (χ1n) is 6.03. The zero-order valence-corrected chi connectivity index (χ0v) is 11.2. The number of benzene rings is 1. The maximum absolute atomic E-state index is 13.0. The molecule has 0 aliphatic heterocycles. The maximum Gasteiger partial charge on any atom is 0.123 e. The van der Waals surface area contributed by atoms with Crippen LogP contribution in [-0.4, -0.2) is 15.2 Å². The molecule has 5 heteroatoms. The Morgan fingerprint density at radius 1 is 1.21 bits per heavy atom. The lowest BCUT2D eigenvalue weighted by Crippen LogP contribution is -1.84. The van der Waals surface area contributed by atoms with Gasteiger partial charge in [0.1, 0.15) is 11.5 Å². The van der Waals surface area contributed by atoms with Crippen molar-refractivity contribution < 1.29 is 4.39 Å². The lowest BCUT2D eigenvalue weighted by Gasteiger charge is -2.00. The third-order valence-corrected chi connectivity index (χ3v) is 4.08. The summed E-state index contributed by atoms with van der Waals surface area (Å²) in [5, 5.41) is 7.95. The Balaban J connectivity index is 2.14. The molecular weight excluding hydrogens is 261 g/mol. The van der Waals surface area contributed by atoms with Crippen molar-refractivity contribution in [2.45, 2.75) is 13.3 Å². The number of aryl methyl sites for hydroxylation is 1. The number of nitrogens with zero attached hydrogens (tertiary/aromatic N) is 2. The summed E-state index contributed by atoms with van der Waals surface area (Å²) in [7, 11) is 0. The standard InChI is InChI=1S/C14H12FN3S/c1-2-12-17-13(11-7-8-16-18-11)14(19-12)9-3-5-10(15)6-4-9/h3-8H,2H2,1H3,(H,16,18). The van der Waals surface area contributed by atoms with Gasteiger partial charge in [-0.1, -0.05) is 19.1 Å². The fourth-order valence-electron chi connectivity index (χ4n) is 1.88. The van der Waals surface area contributed by atoms with Crippen LogP contribution in [0.2, 0.25) is 0 Å². The van der Waals surface area contributed by atoms with E-state index in [1.165, 1.54) is 12.1 Å². The molecule has 0 radical (unpaired) electrons. The summed E-state index contributed by atoms with van der Waals surface area (Å²) in [5.41, 5.74) is 2.74. The van der Waals surface area contributed by atoms with Crippen LogP contribution in [-0.2, 0) is 6.42 Å². The molecule has 0 aliphatic carbocycles. The molecule has 2 aromatic heterocycles. The second kappa shape index (κ2) is 4.93. The van der Waals surface area contributed by atoms with E-state index in [1.807, 2.05) is 6.07 Å². The van der Waals surface area contributed by atoms with E-state index in [0.717, 1.165) is 33.3 Å². The highest BCUT2D eigenvalue weighted by molar-refractivity contribution is 7.15. The van der Waals surface area contributed by atoms with E-state index in [1.54, 1.807) is 29.7 Å². The SMILES string of the molecule is CCc1nc(-c2ccn[nH]2)c(-c2ccc(F)cc2)s1. The van der Waals surface area contributed by atoms with Crippen molar-refractivity contribution in [1.29, 1.82) is 0 Å². The van der Waals surface area contributed by atoms with E-state index < -0.39 is 0 Å². The van der Waals surface area contributed by atoms with Crippen LogP contribution in [0, 0.1) is 5.82 Å². The van der Waals surface area contributed by atoms with E-state index in [2.05, 4.69) is 22.1 Å². The van der Waals surface area contributed by atoms with E-state index in [4.69, 9.17) is 0 Å². The van der Waals surface area contributed by atoms with Gasteiger partial charge >= 0.3 is 0 Å². The average molecular weight is 273 g/mol. The summed E-state index contributed by atoms with van der Waals surface area (Å²) >= 11 is 1.64. The molecule has 0 atom stereocenters. The number of rotatable bonds is 3. The number of aromatic nitrogens is 3. The van der Waals surface area contributed by atoms with E-state index in [9.17, 15) is 4.39 Å². The maximum atomic E-state index is 13.0. The molecule has 96 valence electrons. The van der Waals surface area contributed by atoms with Crippen LogP contribution < -0.4 is 0 Å². The van der Waals surface area contributed by atoms with Gasteiger partial charge in [0.05, 0.1) is 15.6 Å². The molecule has 0 amide bonds. The highest BCUT2D eigenvalue weighted by Crippen LogP contribution is 2.36. The number of aromatic amines is 1. The van der Waals surface area contributed by atoms with Gasteiger partial charge in [0.25, 0.3) is 0 Å². The van der Waals surface area contributed by atoms with Gasteiger partial charge in [-0.25, -0.2) is 9.37 Å². The zero-order valence-electron chi connectivity index (χ0n) is 10.4. The lowest BCUT2D eigenvalue weighted by atomic mass is 10.1. The molecule has 0 saturated carbocycles. The van der Waals surface area contributed by atoms with Gasteiger partial charge < -0.3 is 0 Å². The zero-order chi connectivity index (χ0) is 13.2. The highest BCUT2D eigenvalue weighted by Gasteiger charge is 2.15. The van der Waals surface area contributed by atoms with Crippen molar-refractivity contribution in [2.24, 2.45) is 0 Å². The molecule has 19 heavy (non-hydrogen) atoms. The van der Waals surface area contributed by atoms with Crippen molar-refractivity contribution in [2.75, 3.05) is 0 Å². The molecule has 3 aromatic rings. The van der Waals surface area contributed by atoms with Crippen LogP contribution in [0.25, 0.3) is 21.8 Å². The monoisotopic (exact) mass is 273 g/mol. The molecule has 2 heterocycles. The Morgan fingerprint density at radius 3 is 2.63 bits per heavy atom. The second-order valence-corrected chi connectivity index (χ2v) is 5.20. The number of hydrogen-bond acceptors (Lipinski definition) is 3. The molecule has 1 N–H and O–H groups in total. The third-order valence-electron chi connectivity index (χ3n) is 2.84. The third kappa shape index (κ3) is 2.29. The molecular formula is C14H12FN3S. The van der Waals surface area contributed by atoms with Gasteiger partial charge in [-0.2, -0.15) is 5.10 Å². The summed E-state index contributed by atoms with van der Waals surface area (Å²) in [6, 6.07) is 8.39. The number of hydrogen-bond donors (Lipinski definition) is 1. The molecule has 0 saturated heterocycles. The Hall–Kier alpha value is -2.01. The highest BCUT2D eigenvalue weighted by atomic mass is 32.1. The molecule has 0 unspecified atom stereocenters. The van der Waals surface area contributed by atoms with Crippen LogP contribution >= 0.6 is 11.3 Å². The largest absolute Gasteiger partial charge is 0.276 e. The smallest absolute Gasteiger partial charge is 0.123 e. The van der Waals surface area contributed by atoms with Gasteiger partial charge in [-0.15, -0.1) is 11.3 Å². The Labute approximate surface area is 114 Å². The van der Waals surface area contributed by atoms with Gasteiger partial charge in [0, 0.05) is 6.20 Å². The first-order chi connectivity index (χ1) is 9.28. The predicted molar refractivity (Wildman–Crippen MR) is 74.5 cm³/mol. The fourth-order valence-corrected chi connectivity index (χ4v) is 2.91. The lowest BCUT2D eigenvalue weighted by molar-refractivity contribution is 0.628. The Morgan fingerprint density at radius 2 is 2.00 bits per heavy atom. The molecule has 0 spiro atoms. The van der Waals surface area contributed by atoms with Crippen LogP contribution in [0.1, 0.15) is 11.9 Å². The van der Waals surface area contributed by atoms with E-state index in [0.29, 0.717) is 0 Å². The fraction of sp³-hybridized carbons (Fsp3) is 0.143. The summed E-state index contributed by atoms with van der Waals surface area (Å²) in [5.74, 6) is -0.230. The average Bonchev–Trinajstić information content (AvgIpc) is 3.08. The summed E-state index contributed by atoms with van der Waals surface area (Å²) in [6.45, 7) is 2.07. The van der Waals surface area contributed by atoms with Crippen LogP contribution in [0.3, 0.4) is 0 Å². The quantitative estimate of drug-likeness (QED) is 0.786. The minimum Gasteiger partial charge on any atom is -0.276 e. The molecule has 3 nitrogen and oxygen atoms in total. The summed E-state index contributed by atoms with van der Waals surface area (Å²) in [4.78, 5) is 5.67. The van der Waals surface area contributed by atoms with Crippen molar-refractivity contribution >= 4 is 11.3 Å². The van der Waals surface area contributed by atoms with Crippen molar-refractivity contribution in [1.82, 2.24) is 15.2 Å². The predicted octanol–water partition coefficient (Wildman–Crippen LogP) is 3.90. The Bertz CT molecular complexity index is 671. The first-order valence-corrected chi connectivity index (χ1v) is 6.85. The minimum absolute atomic E-state index is 0.230. The first kappa shape index (κ1) is 12.0. The summed E-state index contributed by atoms with van der Waals surface area (Å²) in [6.07, 6.45) is 2.59. The minimum atomic E-state index is -0.230. The number of thiazole rings is 1.